The number of halogens is 3. The lowest BCUT2D eigenvalue weighted by Gasteiger charge is -2.69. The number of alkyl halides is 3. The van der Waals surface area contributed by atoms with Crippen LogP contribution in [0.1, 0.15) is 25.7 Å². The molecule has 1 aliphatic heterocycles. The minimum absolute atomic E-state index is 0.106. The van der Waals surface area contributed by atoms with Crippen LogP contribution >= 0.6 is 0 Å². The molecule has 5 rings (SSSR count). The number of carbonyl (C=O) groups excluding carboxylic acids is 1. The van der Waals surface area contributed by atoms with E-state index in [0.29, 0.717) is 19.6 Å². The fourth-order valence-electron chi connectivity index (χ4n) is 4.80. The van der Waals surface area contributed by atoms with E-state index in [9.17, 15) is 18.0 Å². The van der Waals surface area contributed by atoms with Crippen molar-refractivity contribution in [3.63, 3.8) is 0 Å². The first kappa shape index (κ1) is 21.5. The Hall–Kier alpha value is -1.75. The Labute approximate surface area is 174 Å². The monoisotopic (exact) mass is 446 g/mol. The lowest BCUT2D eigenvalue weighted by molar-refractivity contribution is -0.339. The molecule has 0 spiro atoms. The summed E-state index contributed by atoms with van der Waals surface area (Å²) in [7, 11) is -1.23. The molecule has 2 heterocycles. The Kier molecular flexibility index (Phi) is 5.12. The fourth-order valence-corrected chi connectivity index (χ4v) is 5.51. The van der Waals surface area contributed by atoms with Gasteiger partial charge in [-0.1, -0.05) is 19.6 Å². The SMILES string of the molecule is C[Si](C)(C)CCOC(=O)NC12CC(n3cc(N4CCC(OC(F)(F)F)C4)cn3)(C1)C2. The second kappa shape index (κ2) is 7.15. The maximum absolute atomic E-state index is 12.4. The standard InChI is InChI=1S/C19H29F3N4O3Si/c1-30(2,3)7-6-28-16(27)24-17-11-18(12-17,13-17)26-9-14(8-23-26)25-5-4-15(10-25)29-19(20,21)22/h8-9,15H,4-7,10-13H2,1-3H3,(H,24,27). The number of carbonyl (C=O) groups is 1. The number of rotatable bonds is 7. The zero-order valence-electron chi connectivity index (χ0n) is 17.6. The quantitative estimate of drug-likeness (QED) is 0.647. The fraction of sp³-hybridized carbons (Fsp3) is 0.789. The molecule has 1 N–H and O–H groups in total. The molecule has 0 radical (unpaired) electrons. The number of amides is 1. The molecule has 1 aromatic heterocycles. The highest BCUT2D eigenvalue weighted by atomic mass is 28.3. The van der Waals surface area contributed by atoms with Crippen LogP contribution in [0.3, 0.4) is 0 Å². The van der Waals surface area contributed by atoms with E-state index in [4.69, 9.17) is 4.74 Å². The number of nitrogens with zero attached hydrogens (tertiary/aromatic N) is 3. The largest absolute Gasteiger partial charge is 0.522 e. The van der Waals surface area contributed by atoms with Crippen LogP contribution in [0.25, 0.3) is 0 Å². The lowest BCUT2D eigenvalue weighted by Crippen LogP contribution is -2.78. The molecule has 4 aliphatic rings. The van der Waals surface area contributed by atoms with E-state index < -0.39 is 20.5 Å². The zero-order valence-corrected chi connectivity index (χ0v) is 18.6. The number of anilines is 1. The van der Waals surface area contributed by atoms with Crippen molar-refractivity contribution in [3.8, 4) is 0 Å². The first-order chi connectivity index (χ1) is 13.9. The van der Waals surface area contributed by atoms with Crippen molar-refractivity contribution < 1.29 is 27.4 Å². The van der Waals surface area contributed by atoms with Crippen molar-refractivity contribution in [2.75, 3.05) is 24.6 Å². The number of aromatic nitrogens is 2. The van der Waals surface area contributed by atoms with Crippen molar-refractivity contribution in [2.24, 2.45) is 0 Å². The summed E-state index contributed by atoms with van der Waals surface area (Å²) in [6, 6.07) is 0.943. The minimum atomic E-state index is -4.60. The van der Waals surface area contributed by atoms with Crippen LogP contribution in [0, 0.1) is 0 Å². The van der Waals surface area contributed by atoms with Gasteiger partial charge in [0.05, 0.1) is 35.7 Å². The normalized spacial score (nSPS) is 30.6. The van der Waals surface area contributed by atoms with E-state index in [2.05, 4.69) is 34.8 Å². The lowest BCUT2D eigenvalue weighted by atomic mass is 9.44. The number of ether oxygens (including phenoxy) is 2. The van der Waals surface area contributed by atoms with Crippen molar-refractivity contribution in [3.05, 3.63) is 12.4 Å². The van der Waals surface area contributed by atoms with E-state index in [0.717, 1.165) is 31.0 Å². The second-order valence-corrected chi connectivity index (χ2v) is 15.8. The van der Waals surface area contributed by atoms with Gasteiger partial charge in [-0.15, -0.1) is 13.2 Å². The van der Waals surface area contributed by atoms with Crippen LogP contribution in [0.2, 0.25) is 25.7 Å². The first-order valence-corrected chi connectivity index (χ1v) is 14.1. The highest BCUT2D eigenvalue weighted by Gasteiger charge is 2.70. The van der Waals surface area contributed by atoms with E-state index >= 15 is 0 Å². The molecule has 2 bridgehead atoms. The Morgan fingerprint density at radius 1 is 1.33 bits per heavy atom. The number of alkyl carbamates (subject to hydrolysis) is 1. The van der Waals surface area contributed by atoms with Crippen LogP contribution < -0.4 is 10.2 Å². The molecule has 1 aromatic rings. The predicted octanol–water partition coefficient (Wildman–Crippen LogP) is 3.69. The molecule has 3 aliphatic carbocycles. The molecular formula is C19H29F3N4O3Si. The van der Waals surface area contributed by atoms with Gasteiger partial charge in [0.15, 0.2) is 0 Å². The predicted molar refractivity (Wildman–Crippen MR) is 107 cm³/mol. The smallest absolute Gasteiger partial charge is 0.450 e. The highest BCUT2D eigenvalue weighted by Crippen LogP contribution is 2.65. The average Bonchev–Trinajstić information content (AvgIpc) is 3.15. The van der Waals surface area contributed by atoms with Gasteiger partial charge in [0.25, 0.3) is 0 Å². The van der Waals surface area contributed by atoms with Crippen molar-refractivity contribution in [1.82, 2.24) is 15.1 Å². The summed E-state index contributed by atoms with van der Waals surface area (Å²) < 4.78 is 48.6. The molecule has 1 atom stereocenters. The summed E-state index contributed by atoms with van der Waals surface area (Å²) in [6.45, 7) is 7.89. The highest BCUT2D eigenvalue weighted by molar-refractivity contribution is 6.76. The van der Waals surface area contributed by atoms with Crippen LogP contribution in [0.4, 0.5) is 23.7 Å². The van der Waals surface area contributed by atoms with Gasteiger partial charge in [-0.05, 0) is 31.7 Å². The van der Waals surface area contributed by atoms with Crippen LogP contribution in [0.5, 0.6) is 0 Å². The summed E-state index contributed by atoms with van der Waals surface area (Å²) in [5, 5.41) is 7.46. The van der Waals surface area contributed by atoms with Crippen molar-refractivity contribution in [1.29, 1.82) is 0 Å². The summed E-state index contributed by atoms with van der Waals surface area (Å²) in [4.78, 5) is 13.9. The summed E-state index contributed by atoms with van der Waals surface area (Å²) in [6.07, 6.45) is 0.513. The summed E-state index contributed by atoms with van der Waals surface area (Å²) in [5.74, 6) is 0. The Bertz CT molecular complexity index is 788. The minimum Gasteiger partial charge on any atom is -0.450 e. The summed E-state index contributed by atoms with van der Waals surface area (Å²) >= 11 is 0. The molecule has 1 amide bonds. The van der Waals surface area contributed by atoms with Gasteiger partial charge in [0.2, 0.25) is 0 Å². The third kappa shape index (κ3) is 4.46. The zero-order chi connectivity index (χ0) is 21.8. The topological polar surface area (TPSA) is 68.6 Å². The Balaban J connectivity index is 1.25. The van der Waals surface area contributed by atoms with E-state index in [1.54, 1.807) is 6.20 Å². The van der Waals surface area contributed by atoms with Gasteiger partial charge in [-0.25, -0.2) is 4.79 Å². The molecule has 1 unspecified atom stereocenters. The molecule has 3 saturated carbocycles. The molecule has 7 nitrogen and oxygen atoms in total. The number of nitrogens with one attached hydrogen (secondary N) is 1. The molecule has 1 saturated heterocycles. The van der Waals surface area contributed by atoms with E-state index in [1.807, 2.05) is 15.8 Å². The molecule has 30 heavy (non-hydrogen) atoms. The third-order valence-electron chi connectivity index (χ3n) is 6.32. The van der Waals surface area contributed by atoms with Crippen LogP contribution in [-0.4, -0.2) is 61.6 Å². The van der Waals surface area contributed by atoms with Gasteiger partial charge in [-0.3, -0.25) is 9.42 Å². The number of hydrogen-bond acceptors (Lipinski definition) is 5. The maximum Gasteiger partial charge on any atom is 0.522 e. The van der Waals surface area contributed by atoms with E-state index in [1.165, 1.54) is 0 Å². The van der Waals surface area contributed by atoms with Gasteiger partial charge in [0, 0.05) is 27.4 Å². The second-order valence-electron chi connectivity index (χ2n) is 10.2. The molecule has 0 aromatic carbocycles. The van der Waals surface area contributed by atoms with Gasteiger partial charge in [0.1, 0.15) is 0 Å². The van der Waals surface area contributed by atoms with Gasteiger partial charge < -0.3 is 15.0 Å². The first-order valence-electron chi connectivity index (χ1n) is 10.4. The average molecular weight is 447 g/mol. The molecular weight excluding hydrogens is 417 g/mol. The van der Waals surface area contributed by atoms with Crippen LogP contribution in [0.15, 0.2) is 12.4 Å². The van der Waals surface area contributed by atoms with Crippen molar-refractivity contribution in [2.45, 2.75) is 74.9 Å². The van der Waals surface area contributed by atoms with Crippen LogP contribution in [-0.2, 0) is 15.0 Å². The molecule has 168 valence electrons. The maximum atomic E-state index is 12.4. The van der Waals surface area contributed by atoms with Crippen molar-refractivity contribution >= 4 is 19.9 Å². The molecule has 4 fully saturated rings. The Morgan fingerprint density at radius 3 is 2.67 bits per heavy atom. The Morgan fingerprint density at radius 2 is 2.03 bits per heavy atom. The van der Waals surface area contributed by atoms with E-state index in [-0.39, 0.29) is 23.7 Å². The van der Waals surface area contributed by atoms with Gasteiger partial charge >= 0.3 is 12.5 Å². The third-order valence-corrected chi connectivity index (χ3v) is 8.02. The van der Waals surface area contributed by atoms with Gasteiger partial charge in [-0.2, -0.15) is 5.10 Å². The number of hydrogen-bond donors (Lipinski definition) is 1. The summed E-state index contributed by atoms with van der Waals surface area (Å²) in [5.41, 5.74) is 0.494. The molecule has 11 heteroatoms.